The van der Waals surface area contributed by atoms with Crippen LogP contribution >= 0.6 is 22.9 Å². The van der Waals surface area contributed by atoms with Gasteiger partial charge in [-0.25, -0.2) is 0 Å². The smallest absolute Gasteiger partial charge is 0.286 e. The number of carbonyl (C=O) groups is 1. The first-order chi connectivity index (χ1) is 13.0. The van der Waals surface area contributed by atoms with Gasteiger partial charge in [-0.05, 0) is 31.2 Å². The predicted octanol–water partition coefficient (Wildman–Crippen LogP) is 4.04. The zero-order valence-corrected chi connectivity index (χ0v) is 16.0. The Labute approximate surface area is 163 Å². The molecule has 1 heterocycles. The lowest BCUT2D eigenvalue weighted by Gasteiger charge is -2.05. The van der Waals surface area contributed by atoms with Crippen molar-refractivity contribution in [2.75, 3.05) is 13.2 Å². The molecular weight excluding hydrogens is 390 g/mol. The fraction of sp³-hybridized carbons (Fsp3) is 0.222. The van der Waals surface area contributed by atoms with Crippen LogP contribution in [0.1, 0.15) is 17.3 Å². The Kier molecular flexibility index (Phi) is 6.00. The van der Waals surface area contributed by atoms with E-state index in [2.05, 4.69) is 4.99 Å². The molecule has 27 heavy (non-hydrogen) atoms. The summed E-state index contributed by atoms with van der Waals surface area (Å²) in [6.07, 6.45) is 0. The summed E-state index contributed by atoms with van der Waals surface area (Å²) >= 11 is 7.25. The number of hydrogen-bond donors (Lipinski definition) is 0. The highest BCUT2D eigenvalue weighted by Crippen LogP contribution is 2.24. The van der Waals surface area contributed by atoms with Gasteiger partial charge < -0.3 is 9.30 Å². The van der Waals surface area contributed by atoms with E-state index < -0.39 is 10.8 Å². The Morgan fingerprint density at radius 1 is 1.33 bits per heavy atom. The number of benzene rings is 2. The number of carbonyl (C=O) groups excluding carboxylic acids is 1. The number of nitro benzene ring substituents is 1. The number of amides is 1. The molecule has 0 bridgehead atoms. The molecule has 0 aliphatic carbocycles. The van der Waals surface area contributed by atoms with Crippen molar-refractivity contribution in [1.82, 2.24) is 4.57 Å². The van der Waals surface area contributed by atoms with E-state index >= 15 is 0 Å². The average Bonchev–Trinajstić information content (AvgIpc) is 2.99. The Morgan fingerprint density at radius 2 is 2.11 bits per heavy atom. The third-order valence-electron chi connectivity index (χ3n) is 3.83. The van der Waals surface area contributed by atoms with E-state index in [1.807, 2.05) is 35.8 Å². The fourth-order valence-corrected chi connectivity index (χ4v) is 3.83. The van der Waals surface area contributed by atoms with Gasteiger partial charge in [-0.3, -0.25) is 14.9 Å². The Bertz CT molecular complexity index is 1070. The zero-order valence-electron chi connectivity index (χ0n) is 14.4. The van der Waals surface area contributed by atoms with Crippen molar-refractivity contribution in [1.29, 1.82) is 0 Å². The lowest BCUT2D eigenvalue weighted by molar-refractivity contribution is -0.385. The maximum atomic E-state index is 12.7. The normalized spacial score (nSPS) is 11.9. The molecule has 1 aromatic heterocycles. The summed E-state index contributed by atoms with van der Waals surface area (Å²) in [5.74, 6) is -0.707. The van der Waals surface area contributed by atoms with Crippen LogP contribution in [-0.2, 0) is 11.3 Å². The molecule has 0 atom stereocenters. The van der Waals surface area contributed by atoms with Gasteiger partial charge in [0.1, 0.15) is 5.56 Å². The zero-order chi connectivity index (χ0) is 19.4. The van der Waals surface area contributed by atoms with Gasteiger partial charge >= 0.3 is 0 Å². The molecule has 0 saturated heterocycles. The Balaban J connectivity index is 2.10. The number of nitro groups is 1. The number of fused-ring (bicyclic) bond motifs is 1. The van der Waals surface area contributed by atoms with Gasteiger partial charge in [-0.1, -0.05) is 35.1 Å². The maximum Gasteiger partial charge on any atom is 0.286 e. The van der Waals surface area contributed by atoms with Crippen molar-refractivity contribution < 1.29 is 14.5 Å². The van der Waals surface area contributed by atoms with Gasteiger partial charge in [0.05, 0.1) is 21.7 Å². The van der Waals surface area contributed by atoms with Crippen molar-refractivity contribution >= 4 is 44.7 Å². The molecule has 0 aliphatic rings. The second-order valence-corrected chi connectivity index (χ2v) is 6.98. The standard InChI is InChI=1S/C18H16ClN3O4S/c1-2-26-10-9-21-15-5-3-4-6-16(15)27-18(21)20-17(23)13-11-12(19)7-8-14(13)22(24)25/h3-8,11H,2,9-10H2,1H3. The van der Waals surface area contributed by atoms with Crippen LogP contribution in [0.15, 0.2) is 47.5 Å². The molecule has 0 unspecified atom stereocenters. The van der Waals surface area contributed by atoms with Crippen LogP contribution in [0.25, 0.3) is 10.2 Å². The molecular formula is C18H16ClN3O4S. The molecule has 1 amide bonds. The fourth-order valence-electron chi connectivity index (χ4n) is 2.61. The van der Waals surface area contributed by atoms with Gasteiger partial charge in [-0.15, -0.1) is 0 Å². The van der Waals surface area contributed by atoms with Crippen molar-refractivity contribution in [3.63, 3.8) is 0 Å². The van der Waals surface area contributed by atoms with E-state index in [1.165, 1.54) is 29.5 Å². The summed E-state index contributed by atoms with van der Waals surface area (Å²) in [5.41, 5.74) is 0.464. The predicted molar refractivity (Wildman–Crippen MR) is 104 cm³/mol. The maximum absolute atomic E-state index is 12.7. The molecule has 9 heteroatoms. The number of thiazole rings is 1. The number of halogens is 1. The van der Waals surface area contributed by atoms with E-state index in [1.54, 1.807) is 0 Å². The van der Waals surface area contributed by atoms with Crippen LogP contribution < -0.4 is 4.80 Å². The Morgan fingerprint density at radius 3 is 2.85 bits per heavy atom. The van der Waals surface area contributed by atoms with Crippen LogP contribution in [-0.4, -0.2) is 28.6 Å². The van der Waals surface area contributed by atoms with Crippen LogP contribution in [0, 0.1) is 10.1 Å². The van der Waals surface area contributed by atoms with E-state index in [4.69, 9.17) is 16.3 Å². The summed E-state index contributed by atoms with van der Waals surface area (Å²) < 4.78 is 8.26. The molecule has 140 valence electrons. The lowest BCUT2D eigenvalue weighted by atomic mass is 10.2. The number of rotatable bonds is 6. The van der Waals surface area contributed by atoms with Gasteiger partial charge in [0.2, 0.25) is 0 Å². The molecule has 0 aliphatic heterocycles. The van der Waals surface area contributed by atoms with E-state index in [0.29, 0.717) is 24.6 Å². The van der Waals surface area contributed by atoms with Crippen LogP contribution in [0.3, 0.4) is 0 Å². The quantitative estimate of drug-likeness (QED) is 0.352. The SMILES string of the molecule is CCOCCn1c(=NC(=O)c2cc(Cl)ccc2[N+](=O)[O-])sc2ccccc21. The summed E-state index contributed by atoms with van der Waals surface area (Å²) in [6, 6.07) is 11.5. The molecule has 0 fully saturated rings. The summed E-state index contributed by atoms with van der Waals surface area (Å²) in [7, 11) is 0. The van der Waals surface area contributed by atoms with Crippen LogP contribution in [0.4, 0.5) is 5.69 Å². The second-order valence-electron chi connectivity index (χ2n) is 5.54. The number of aromatic nitrogens is 1. The third-order valence-corrected chi connectivity index (χ3v) is 5.13. The second kappa shape index (κ2) is 8.43. The van der Waals surface area contributed by atoms with Gasteiger partial charge in [-0.2, -0.15) is 4.99 Å². The number of hydrogen-bond acceptors (Lipinski definition) is 5. The van der Waals surface area contributed by atoms with Gasteiger partial charge in [0.25, 0.3) is 11.6 Å². The van der Waals surface area contributed by atoms with Gasteiger partial charge in [0.15, 0.2) is 4.80 Å². The van der Waals surface area contributed by atoms with Gasteiger partial charge in [0, 0.05) is 24.2 Å². The number of ether oxygens (including phenoxy) is 1. The largest absolute Gasteiger partial charge is 0.380 e. The summed E-state index contributed by atoms with van der Waals surface area (Å²) in [5, 5.41) is 11.5. The summed E-state index contributed by atoms with van der Waals surface area (Å²) in [4.78, 5) is 27.9. The number of nitrogens with zero attached hydrogens (tertiary/aromatic N) is 3. The topological polar surface area (TPSA) is 86.7 Å². The van der Waals surface area contributed by atoms with Crippen molar-refractivity contribution in [2.24, 2.45) is 4.99 Å². The highest BCUT2D eigenvalue weighted by Gasteiger charge is 2.20. The molecule has 2 aromatic carbocycles. The van der Waals surface area contributed by atoms with Crippen LogP contribution in [0.5, 0.6) is 0 Å². The molecule has 0 N–H and O–H groups in total. The average molecular weight is 406 g/mol. The van der Waals surface area contributed by atoms with Crippen LogP contribution in [0.2, 0.25) is 5.02 Å². The summed E-state index contributed by atoms with van der Waals surface area (Å²) in [6.45, 7) is 3.48. The first kappa shape index (κ1) is 19.2. The van der Waals surface area contributed by atoms with E-state index in [-0.39, 0.29) is 16.3 Å². The first-order valence-electron chi connectivity index (χ1n) is 8.20. The van der Waals surface area contributed by atoms with E-state index in [0.717, 1.165) is 10.2 Å². The third kappa shape index (κ3) is 4.24. The minimum Gasteiger partial charge on any atom is -0.380 e. The number of para-hydroxylation sites is 1. The molecule has 0 saturated carbocycles. The highest BCUT2D eigenvalue weighted by atomic mass is 35.5. The van der Waals surface area contributed by atoms with Crippen molar-refractivity contribution in [3.8, 4) is 0 Å². The highest BCUT2D eigenvalue weighted by molar-refractivity contribution is 7.16. The van der Waals surface area contributed by atoms with Crippen molar-refractivity contribution in [3.05, 3.63) is 68.0 Å². The van der Waals surface area contributed by atoms with E-state index in [9.17, 15) is 14.9 Å². The monoisotopic (exact) mass is 405 g/mol. The Hall–Kier alpha value is -2.55. The minimum atomic E-state index is -0.707. The lowest BCUT2D eigenvalue weighted by Crippen LogP contribution is -2.20. The molecule has 0 radical (unpaired) electrons. The molecule has 3 rings (SSSR count). The van der Waals surface area contributed by atoms with Crippen molar-refractivity contribution in [2.45, 2.75) is 13.5 Å². The molecule has 7 nitrogen and oxygen atoms in total. The molecule has 0 spiro atoms. The minimum absolute atomic E-state index is 0.138. The molecule has 3 aromatic rings. The first-order valence-corrected chi connectivity index (χ1v) is 9.40.